The van der Waals surface area contributed by atoms with Gasteiger partial charge in [-0.05, 0) is 34.2 Å². The van der Waals surface area contributed by atoms with Crippen molar-refractivity contribution in [1.29, 1.82) is 0 Å². The number of benzene rings is 2. The van der Waals surface area contributed by atoms with Gasteiger partial charge in [0.2, 0.25) is 5.95 Å². The molecule has 0 saturated carbocycles. The average molecular weight is 335 g/mol. The van der Waals surface area contributed by atoms with Crippen molar-refractivity contribution in [2.24, 2.45) is 0 Å². The molecule has 2 heterocycles. The fraction of sp³-hybridized carbons (Fsp3) is 0.167. The average Bonchev–Trinajstić information content (AvgIpc) is 3.16. The molecule has 3 aromatic rings. The molecule has 1 atom stereocenters. The molecule has 7 nitrogen and oxygen atoms in total. The number of ether oxygens (including phenoxy) is 2. The van der Waals surface area contributed by atoms with Crippen LogP contribution in [0.3, 0.4) is 0 Å². The molecule has 0 amide bonds. The first-order chi connectivity index (χ1) is 12.3. The predicted octanol–water partition coefficient (Wildman–Crippen LogP) is 2.75. The Hall–Kier alpha value is -3.35. The minimum Gasteiger partial charge on any atom is -0.497 e. The molecule has 126 valence electrons. The molecule has 1 aromatic heterocycles. The molecular weight excluding hydrogens is 318 g/mol. The number of hydrogen-bond acceptors (Lipinski definition) is 6. The van der Waals surface area contributed by atoms with Gasteiger partial charge in [-0.25, -0.2) is 0 Å². The number of aromatic nitrogens is 4. The van der Waals surface area contributed by atoms with Gasteiger partial charge in [0.25, 0.3) is 0 Å². The number of methoxy groups -OCH3 is 2. The molecule has 0 radical (unpaired) electrons. The molecular formula is C18H17N5O2. The van der Waals surface area contributed by atoms with Crippen molar-refractivity contribution < 1.29 is 9.47 Å². The minimum absolute atomic E-state index is 0.192. The SMILES string of the molecule is COc1ccc([C@H]2C=C(c3ccccc3)Nc3nnnn32)c(OC)c1. The summed E-state index contributed by atoms with van der Waals surface area (Å²) in [6.07, 6.45) is 2.09. The Morgan fingerprint density at radius 3 is 2.64 bits per heavy atom. The van der Waals surface area contributed by atoms with Crippen molar-refractivity contribution in [3.63, 3.8) is 0 Å². The lowest BCUT2D eigenvalue weighted by molar-refractivity contribution is 0.387. The summed E-state index contributed by atoms with van der Waals surface area (Å²) in [7, 11) is 3.27. The van der Waals surface area contributed by atoms with Gasteiger partial charge in [-0.3, -0.25) is 0 Å². The highest BCUT2D eigenvalue weighted by atomic mass is 16.5. The number of tetrazole rings is 1. The number of nitrogens with zero attached hydrogens (tertiary/aromatic N) is 4. The van der Waals surface area contributed by atoms with Crippen LogP contribution in [0, 0.1) is 0 Å². The number of anilines is 1. The number of nitrogens with one attached hydrogen (secondary N) is 1. The van der Waals surface area contributed by atoms with E-state index >= 15 is 0 Å². The number of hydrogen-bond donors (Lipinski definition) is 1. The molecule has 2 aromatic carbocycles. The van der Waals surface area contributed by atoms with E-state index in [9.17, 15) is 0 Å². The Balaban J connectivity index is 1.84. The highest BCUT2D eigenvalue weighted by Gasteiger charge is 2.26. The van der Waals surface area contributed by atoms with E-state index < -0.39 is 0 Å². The third kappa shape index (κ3) is 2.69. The molecule has 0 unspecified atom stereocenters. The molecule has 7 heteroatoms. The summed E-state index contributed by atoms with van der Waals surface area (Å²) >= 11 is 0. The first-order valence-corrected chi connectivity index (χ1v) is 7.84. The van der Waals surface area contributed by atoms with Crippen LogP contribution in [0.4, 0.5) is 5.95 Å². The van der Waals surface area contributed by atoms with Gasteiger partial charge in [0.1, 0.15) is 17.5 Å². The Morgan fingerprint density at radius 2 is 1.88 bits per heavy atom. The number of fused-ring (bicyclic) bond motifs is 1. The summed E-state index contributed by atoms with van der Waals surface area (Å²) in [6, 6.07) is 15.6. The second-order valence-electron chi connectivity index (χ2n) is 5.57. The van der Waals surface area contributed by atoms with E-state index in [2.05, 4.69) is 26.9 Å². The maximum absolute atomic E-state index is 5.56. The summed E-state index contributed by atoms with van der Waals surface area (Å²) in [5, 5.41) is 15.3. The molecule has 0 saturated heterocycles. The second kappa shape index (κ2) is 6.27. The molecule has 25 heavy (non-hydrogen) atoms. The molecule has 4 rings (SSSR count). The van der Waals surface area contributed by atoms with Gasteiger partial charge in [-0.1, -0.05) is 35.4 Å². The van der Waals surface area contributed by atoms with Crippen molar-refractivity contribution in [2.75, 3.05) is 19.5 Å². The van der Waals surface area contributed by atoms with E-state index in [-0.39, 0.29) is 6.04 Å². The summed E-state index contributed by atoms with van der Waals surface area (Å²) in [5.41, 5.74) is 2.96. The van der Waals surface area contributed by atoms with Gasteiger partial charge in [0, 0.05) is 17.3 Å². The fourth-order valence-corrected chi connectivity index (χ4v) is 2.92. The lowest BCUT2D eigenvalue weighted by atomic mass is 10.0. The zero-order valence-corrected chi connectivity index (χ0v) is 13.9. The van der Waals surface area contributed by atoms with Gasteiger partial charge in [-0.15, -0.1) is 0 Å². The molecule has 0 aliphatic carbocycles. The smallest absolute Gasteiger partial charge is 0.248 e. The Labute approximate surface area is 144 Å². The normalized spacial score (nSPS) is 15.8. The Kier molecular flexibility index (Phi) is 3.81. The van der Waals surface area contributed by atoms with Gasteiger partial charge in [-0.2, -0.15) is 4.68 Å². The van der Waals surface area contributed by atoms with Crippen LogP contribution in [0.5, 0.6) is 11.5 Å². The largest absolute Gasteiger partial charge is 0.497 e. The van der Waals surface area contributed by atoms with Crippen molar-refractivity contribution in [1.82, 2.24) is 20.2 Å². The maximum atomic E-state index is 5.56. The van der Waals surface area contributed by atoms with Crippen molar-refractivity contribution >= 4 is 11.6 Å². The summed E-state index contributed by atoms with van der Waals surface area (Å²) in [4.78, 5) is 0. The van der Waals surface area contributed by atoms with Crippen LogP contribution in [0.2, 0.25) is 0 Å². The molecule has 1 N–H and O–H groups in total. The summed E-state index contributed by atoms with van der Waals surface area (Å²) in [5.74, 6) is 2.04. The third-order valence-electron chi connectivity index (χ3n) is 4.17. The Morgan fingerprint density at radius 1 is 1.04 bits per heavy atom. The number of allylic oxidation sites excluding steroid dienone is 1. The molecule has 0 fully saturated rings. The minimum atomic E-state index is -0.192. The van der Waals surface area contributed by atoms with E-state index in [1.165, 1.54) is 0 Å². The van der Waals surface area contributed by atoms with E-state index in [0.717, 1.165) is 28.3 Å². The van der Waals surface area contributed by atoms with E-state index in [1.54, 1.807) is 18.9 Å². The Bertz CT molecular complexity index is 920. The summed E-state index contributed by atoms with van der Waals surface area (Å²) in [6.45, 7) is 0. The van der Waals surface area contributed by atoms with E-state index in [1.807, 2.05) is 48.5 Å². The number of rotatable bonds is 4. The topological polar surface area (TPSA) is 74.1 Å². The van der Waals surface area contributed by atoms with Crippen LogP contribution >= 0.6 is 0 Å². The van der Waals surface area contributed by atoms with Crippen LogP contribution in [-0.4, -0.2) is 34.4 Å². The predicted molar refractivity (Wildman–Crippen MR) is 93.5 cm³/mol. The van der Waals surface area contributed by atoms with Crippen LogP contribution in [0.25, 0.3) is 5.70 Å². The molecule has 1 aliphatic heterocycles. The first kappa shape index (κ1) is 15.2. The lowest BCUT2D eigenvalue weighted by Crippen LogP contribution is -2.20. The molecule has 0 spiro atoms. The van der Waals surface area contributed by atoms with Gasteiger partial charge >= 0.3 is 0 Å². The van der Waals surface area contributed by atoms with Gasteiger partial charge < -0.3 is 14.8 Å². The quantitative estimate of drug-likeness (QED) is 0.790. The highest BCUT2D eigenvalue weighted by molar-refractivity contribution is 5.77. The fourth-order valence-electron chi connectivity index (χ4n) is 2.92. The monoisotopic (exact) mass is 335 g/mol. The highest BCUT2D eigenvalue weighted by Crippen LogP contribution is 2.37. The van der Waals surface area contributed by atoms with Crippen LogP contribution in [0.1, 0.15) is 17.2 Å². The van der Waals surface area contributed by atoms with E-state index in [0.29, 0.717) is 5.95 Å². The summed E-state index contributed by atoms with van der Waals surface area (Å²) < 4.78 is 12.6. The third-order valence-corrected chi connectivity index (χ3v) is 4.17. The standard InChI is InChI=1S/C18H17N5O2/c1-24-13-8-9-14(17(10-13)25-2)16-11-15(12-6-4-3-5-7-12)19-18-20-21-22-23(16)18/h3-11,16H,1-2H3,(H,19,20,22)/t16-/m1/s1. The van der Waals surface area contributed by atoms with Crippen LogP contribution < -0.4 is 14.8 Å². The lowest BCUT2D eigenvalue weighted by Gasteiger charge is -2.24. The van der Waals surface area contributed by atoms with Gasteiger partial charge in [0.15, 0.2) is 0 Å². The molecule has 0 bridgehead atoms. The second-order valence-corrected chi connectivity index (χ2v) is 5.57. The van der Waals surface area contributed by atoms with E-state index in [4.69, 9.17) is 9.47 Å². The van der Waals surface area contributed by atoms with Crippen molar-refractivity contribution in [3.8, 4) is 11.5 Å². The zero-order valence-electron chi connectivity index (χ0n) is 13.9. The maximum Gasteiger partial charge on any atom is 0.248 e. The van der Waals surface area contributed by atoms with Crippen molar-refractivity contribution in [3.05, 3.63) is 65.7 Å². The first-order valence-electron chi connectivity index (χ1n) is 7.84. The van der Waals surface area contributed by atoms with Crippen LogP contribution in [0.15, 0.2) is 54.6 Å². The van der Waals surface area contributed by atoms with Crippen molar-refractivity contribution in [2.45, 2.75) is 6.04 Å². The van der Waals surface area contributed by atoms with Crippen LogP contribution in [-0.2, 0) is 0 Å². The zero-order chi connectivity index (χ0) is 17.2. The molecule has 1 aliphatic rings. The van der Waals surface area contributed by atoms with Gasteiger partial charge in [0.05, 0.1) is 14.2 Å².